The Balaban J connectivity index is 1.74. The molecule has 0 radical (unpaired) electrons. The van der Waals surface area contributed by atoms with Gasteiger partial charge in [-0.2, -0.15) is 0 Å². The molecule has 1 aliphatic carbocycles. The second kappa shape index (κ2) is 14.3. The van der Waals surface area contributed by atoms with Gasteiger partial charge in [-0.1, -0.05) is 42.6 Å². The Bertz CT molecular complexity index is 1570. The summed E-state index contributed by atoms with van der Waals surface area (Å²) in [5, 5.41) is 3.62. The van der Waals surface area contributed by atoms with Gasteiger partial charge in [-0.15, -0.1) is 0 Å². The Labute approximate surface area is 265 Å². The highest BCUT2D eigenvalue weighted by atomic mass is 35.5. The molecule has 3 aromatic rings. The van der Waals surface area contributed by atoms with Crippen molar-refractivity contribution in [2.45, 2.75) is 70.0 Å². The number of benzene rings is 3. The van der Waals surface area contributed by atoms with Crippen LogP contribution in [0.15, 0.2) is 65.6 Å². The molecule has 0 heterocycles. The zero-order valence-electron chi connectivity index (χ0n) is 25.8. The fourth-order valence-corrected chi connectivity index (χ4v) is 7.03. The third-order valence-electron chi connectivity index (χ3n) is 7.85. The molecule has 1 aliphatic rings. The lowest BCUT2D eigenvalue weighted by Gasteiger charge is -2.32. The maximum absolute atomic E-state index is 14.3. The fourth-order valence-electron chi connectivity index (χ4n) is 5.49. The minimum absolute atomic E-state index is 0.0645. The summed E-state index contributed by atoms with van der Waals surface area (Å²) in [6.45, 7) is 4.95. The lowest BCUT2D eigenvalue weighted by Crippen LogP contribution is -2.52. The SMILES string of the molecule is COc1ccc(S(=O)(=O)N(CC(=O)N(Cc2ccc(Cl)cc2)[C@@H](C)C(=O)NC2CCCC2)c2cc(C)cc(C)c2)cc1OC. The molecule has 3 aromatic carbocycles. The number of hydrogen-bond donors (Lipinski definition) is 1. The average Bonchev–Trinajstić information content (AvgIpc) is 3.51. The number of methoxy groups -OCH3 is 2. The molecule has 236 valence electrons. The molecular formula is C33H40ClN3O6S. The first-order chi connectivity index (χ1) is 20.9. The lowest BCUT2D eigenvalue weighted by molar-refractivity contribution is -0.139. The number of nitrogens with zero attached hydrogens (tertiary/aromatic N) is 2. The lowest BCUT2D eigenvalue weighted by atomic mass is 10.1. The number of carbonyl (C=O) groups is 2. The first-order valence-corrected chi connectivity index (χ1v) is 16.4. The number of sulfonamides is 1. The van der Waals surface area contributed by atoms with E-state index in [1.165, 1.54) is 37.3 Å². The molecule has 0 saturated heterocycles. The van der Waals surface area contributed by atoms with Crippen LogP contribution < -0.4 is 19.1 Å². The van der Waals surface area contributed by atoms with Crippen LogP contribution in [0, 0.1) is 13.8 Å². The van der Waals surface area contributed by atoms with Crippen molar-refractivity contribution in [1.29, 1.82) is 0 Å². The molecule has 0 aliphatic heterocycles. The van der Waals surface area contributed by atoms with Crippen molar-refractivity contribution in [3.63, 3.8) is 0 Å². The molecule has 4 rings (SSSR count). The van der Waals surface area contributed by atoms with Gasteiger partial charge in [0, 0.05) is 23.7 Å². The number of aryl methyl sites for hydroxylation is 2. The van der Waals surface area contributed by atoms with Gasteiger partial charge in [0.15, 0.2) is 11.5 Å². The molecule has 1 fully saturated rings. The largest absolute Gasteiger partial charge is 0.493 e. The standard InChI is InChI=1S/C33H40ClN3O6S/c1-22-16-23(2)18-28(17-22)37(44(40,41)29-14-15-30(42-4)31(19-29)43-5)21-32(38)36(20-25-10-12-26(34)13-11-25)24(3)33(39)35-27-8-6-7-9-27/h10-19,24,27H,6-9,20-21H2,1-5H3,(H,35,39)/t24-/m0/s1. The minimum atomic E-state index is -4.28. The third kappa shape index (κ3) is 7.84. The summed E-state index contributed by atoms with van der Waals surface area (Å²) in [5.41, 5.74) is 2.76. The van der Waals surface area contributed by atoms with Crippen LogP contribution in [-0.4, -0.2) is 58.0 Å². The van der Waals surface area contributed by atoms with Gasteiger partial charge >= 0.3 is 0 Å². The monoisotopic (exact) mass is 641 g/mol. The van der Waals surface area contributed by atoms with Gasteiger partial charge in [0.05, 0.1) is 24.8 Å². The highest BCUT2D eigenvalue weighted by Gasteiger charge is 2.34. The molecule has 44 heavy (non-hydrogen) atoms. The van der Waals surface area contributed by atoms with Crippen molar-refractivity contribution in [3.05, 3.63) is 82.4 Å². The zero-order chi connectivity index (χ0) is 32.0. The first kappa shape index (κ1) is 33.1. The average molecular weight is 642 g/mol. The summed E-state index contributed by atoms with van der Waals surface area (Å²) in [6.07, 6.45) is 3.89. The first-order valence-electron chi connectivity index (χ1n) is 14.6. The highest BCUT2D eigenvalue weighted by Crippen LogP contribution is 2.33. The van der Waals surface area contributed by atoms with Crippen LogP contribution in [0.25, 0.3) is 0 Å². The topological polar surface area (TPSA) is 105 Å². The molecular weight excluding hydrogens is 602 g/mol. The number of ether oxygens (including phenoxy) is 2. The Morgan fingerprint density at radius 1 is 0.932 bits per heavy atom. The highest BCUT2D eigenvalue weighted by molar-refractivity contribution is 7.92. The summed E-state index contributed by atoms with van der Waals surface area (Å²) in [4.78, 5) is 29.0. The fraction of sp³-hybridized carbons (Fsp3) is 0.394. The maximum atomic E-state index is 14.3. The molecule has 11 heteroatoms. The van der Waals surface area contributed by atoms with Crippen molar-refractivity contribution in [2.24, 2.45) is 0 Å². The molecule has 1 saturated carbocycles. The van der Waals surface area contributed by atoms with Crippen molar-refractivity contribution < 1.29 is 27.5 Å². The van der Waals surface area contributed by atoms with E-state index in [0.717, 1.165) is 46.7 Å². The number of amides is 2. The second-order valence-corrected chi connectivity index (χ2v) is 13.5. The predicted octanol–water partition coefficient (Wildman–Crippen LogP) is 5.65. The van der Waals surface area contributed by atoms with Gasteiger partial charge in [0.1, 0.15) is 12.6 Å². The number of halogens is 1. The van der Waals surface area contributed by atoms with Gasteiger partial charge in [-0.3, -0.25) is 13.9 Å². The van der Waals surface area contributed by atoms with Crippen LogP contribution in [0.2, 0.25) is 5.02 Å². The van der Waals surface area contributed by atoms with E-state index < -0.39 is 28.5 Å². The van der Waals surface area contributed by atoms with Crippen LogP contribution in [0.1, 0.15) is 49.3 Å². The van der Waals surface area contributed by atoms with Gasteiger partial charge in [0.25, 0.3) is 10.0 Å². The Hall–Kier alpha value is -3.76. The van der Waals surface area contributed by atoms with Crippen LogP contribution >= 0.6 is 11.6 Å². The molecule has 1 N–H and O–H groups in total. The Kier molecular flexibility index (Phi) is 10.8. The zero-order valence-corrected chi connectivity index (χ0v) is 27.4. The van der Waals surface area contributed by atoms with Crippen LogP contribution in [0.3, 0.4) is 0 Å². The smallest absolute Gasteiger partial charge is 0.264 e. The van der Waals surface area contributed by atoms with Crippen molar-refractivity contribution in [3.8, 4) is 11.5 Å². The molecule has 0 bridgehead atoms. The molecule has 2 amide bonds. The summed E-state index contributed by atoms with van der Waals surface area (Å²) in [6, 6.07) is 15.9. The van der Waals surface area contributed by atoms with Crippen LogP contribution in [0.4, 0.5) is 5.69 Å². The Morgan fingerprint density at radius 3 is 2.14 bits per heavy atom. The molecule has 0 aromatic heterocycles. The van der Waals surface area contributed by atoms with E-state index in [1.807, 2.05) is 19.9 Å². The number of hydrogen-bond acceptors (Lipinski definition) is 6. The van der Waals surface area contributed by atoms with E-state index in [4.69, 9.17) is 21.1 Å². The normalized spacial score (nSPS) is 14.1. The number of carbonyl (C=O) groups excluding carboxylic acids is 2. The summed E-state index contributed by atoms with van der Waals surface area (Å²) >= 11 is 6.10. The second-order valence-electron chi connectivity index (χ2n) is 11.2. The van der Waals surface area contributed by atoms with Gasteiger partial charge in [-0.05, 0) is 86.7 Å². The minimum Gasteiger partial charge on any atom is -0.493 e. The van der Waals surface area contributed by atoms with Gasteiger partial charge in [-0.25, -0.2) is 8.42 Å². The Morgan fingerprint density at radius 2 is 1.55 bits per heavy atom. The number of rotatable bonds is 12. The van der Waals surface area contributed by atoms with E-state index in [9.17, 15) is 18.0 Å². The molecule has 0 unspecified atom stereocenters. The van der Waals surface area contributed by atoms with E-state index in [-0.39, 0.29) is 29.1 Å². The molecule has 9 nitrogen and oxygen atoms in total. The van der Waals surface area contributed by atoms with Crippen LogP contribution in [-0.2, 0) is 26.2 Å². The molecule has 0 spiro atoms. The van der Waals surface area contributed by atoms with E-state index in [0.29, 0.717) is 16.5 Å². The van der Waals surface area contributed by atoms with Gasteiger partial charge in [0.2, 0.25) is 11.8 Å². The van der Waals surface area contributed by atoms with Crippen molar-refractivity contribution in [2.75, 3.05) is 25.1 Å². The quantitative estimate of drug-likeness (QED) is 0.274. The number of nitrogens with one attached hydrogen (secondary N) is 1. The number of anilines is 1. The summed E-state index contributed by atoms with van der Waals surface area (Å²) in [5.74, 6) is -0.198. The maximum Gasteiger partial charge on any atom is 0.264 e. The third-order valence-corrected chi connectivity index (χ3v) is 9.87. The van der Waals surface area contributed by atoms with Crippen molar-refractivity contribution in [1.82, 2.24) is 10.2 Å². The summed E-state index contributed by atoms with van der Waals surface area (Å²) in [7, 11) is -1.40. The van der Waals surface area contributed by atoms with Gasteiger partial charge < -0.3 is 19.7 Å². The van der Waals surface area contributed by atoms with E-state index in [1.54, 1.807) is 43.3 Å². The molecule has 1 atom stereocenters. The predicted molar refractivity (Wildman–Crippen MR) is 172 cm³/mol. The van der Waals surface area contributed by atoms with Crippen molar-refractivity contribution >= 4 is 39.1 Å². The van der Waals surface area contributed by atoms with Crippen LogP contribution in [0.5, 0.6) is 11.5 Å². The van der Waals surface area contributed by atoms with E-state index in [2.05, 4.69) is 5.32 Å². The van der Waals surface area contributed by atoms with E-state index >= 15 is 0 Å². The summed E-state index contributed by atoms with van der Waals surface area (Å²) < 4.78 is 40.3.